The van der Waals surface area contributed by atoms with Gasteiger partial charge in [0.1, 0.15) is 40.9 Å². The highest BCUT2D eigenvalue weighted by Gasteiger charge is 2.28. The van der Waals surface area contributed by atoms with Crippen molar-refractivity contribution in [3.8, 4) is 34.8 Å². The molecule has 12 heteroatoms. The predicted octanol–water partition coefficient (Wildman–Crippen LogP) is 2.77. The van der Waals surface area contributed by atoms with Gasteiger partial charge in [-0.25, -0.2) is 8.42 Å². The number of pyridine rings is 1. The molecule has 1 atom stereocenters. The molecule has 3 aromatic heterocycles. The first-order valence-electron chi connectivity index (χ1n) is 10.7. The van der Waals surface area contributed by atoms with E-state index in [1.807, 2.05) is 6.07 Å². The monoisotopic (exact) mass is 509 g/mol. The highest BCUT2D eigenvalue weighted by Crippen LogP contribution is 2.37. The topological polar surface area (TPSA) is 153 Å². The molecule has 11 nitrogen and oxygen atoms in total. The Kier molecular flexibility index (Phi) is 7.05. The number of ether oxygens (including phenoxy) is 2. The number of nitrogens with zero attached hydrogens (tertiary/aromatic N) is 5. The Labute approximate surface area is 207 Å². The van der Waals surface area contributed by atoms with E-state index in [1.54, 1.807) is 37.3 Å². The second-order valence-electron chi connectivity index (χ2n) is 7.85. The summed E-state index contributed by atoms with van der Waals surface area (Å²) in [6, 6.07) is 13.4. The van der Waals surface area contributed by atoms with Crippen LogP contribution in [-0.4, -0.2) is 53.2 Å². The molecule has 0 aliphatic rings. The number of aliphatic hydroxyl groups is 1. The minimum absolute atomic E-state index is 0.0711. The molecule has 1 aromatic carbocycles. The van der Waals surface area contributed by atoms with Crippen LogP contribution in [0.1, 0.15) is 28.9 Å². The van der Waals surface area contributed by atoms with E-state index < -0.39 is 27.4 Å². The molecule has 1 N–H and O–H groups in total. The number of rotatable bonds is 9. The first-order valence-corrected chi connectivity index (χ1v) is 12.6. The van der Waals surface area contributed by atoms with Crippen molar-refractivity contribution in [1.82, 2.24) is 19.7 Å². The maximum Gasteiger partial charge on any atom is 0.204 e. The molecule has 0 spiro atoms. The summed E-state index contributed by atoms with van der Waals surface area (Å²) in [6.45, 7) is 1.78. The molecular weight excluding hydrogens is 486 g/mol. The van der Waals surface area contributed by atoms with Gasteiger partial charge in [0.2, 0.25) is 5.82 Å². The molecule has 4 aromatic rings. The van der Waals surface area contributed by atoms with Crippen LogP contribution < -0.4 is 9.47 Å². The fraction of sp³-hybridized carbons (Fsp3) is 0.250. The Hall–Kier alpha value is -4.21. The van der Waals surface area contributed by atoms with Crippen molar-refractivity contribution in [2.75, 3.05) is 20.0 Å². The van der Waals surface area contributed by atoms with Gasteiger partial charge in [-0.3, -0.25) is 9.55 Å². The minimum Gasteiger partial charge on any atom is -0.494 e. The van der Waals surface area contributed by atoms with Crippen molar-refractivity contribution < 1.29 is 27.4 Å². The first kappa shape index (κ1) is 24.9. The van der Waals surface area contributed by atoms with Gasteiger partial charge in [-0.2, -0.15) is 5.26 Å². The zero-order valence-electron chi connectivity index (χ0n) is 19.7. The molecule has 0 saturated carbocycles. The van der Waals surface area contributed by atoms with Gasteiger partial charge in [0.05, 0.1) is 31.2 Å². The van der Waals surface area contributed by atoms with Crippen LogP contribution in [0, 0.1) is 18.3 Å². The van der Waals surface area contributed by atoms with Gasteiger partial charge < -0.3 is 19.0 Å². The molecule has 0 unspecified atom stereocenters. The molecule has 0 aliphatic heterocycles. The maximum absolute atomic E-state index is 13.1. The van der Waals surface area contributed by atoms with E-state index >= 15 is 0 Å². The number of aryl methyl sites for hydroxylation is 1. The molecule has 0 radical (unpaired) electrons. The van der Waals surface area contributed by atoms with E-state index in [2.05, 4.69) is 15.2 Å². The van der Waals surface area contributed by atoms with E-state index in [-0.39, 0.29) is 17.3 Å². The summed E-state index contributed by atoms with van der Waals surface area (Å²) in [4.78, 5) is 3.98. The van der Waals surface area contributed by atoms with Crippen LogP contribution in [0.25, 0.3) is 17.3 Å². The van der Waals surface area contributed by atoms with E-state index in [0.717, 1.165) is 0 Å². The second-order valence-corrected chi connectivity index (χ2v) is 9.96. The van der Waals surface area contributed by atoms with Crippen LogP contribution in [0.15, 0.2) is 53.1 Å². The summed E-state index contributed by atoms with van der Waals surface area (Å²) < 4.78 is 44.6. The summed E-state index contributed by atoms with van der Waals surface area (Å²) in [5, 5.41) is 27.8. The van der Waals surface area contributed by atoms with E-state index in [0.29, 0.717) is 34.3 Å². The van der Waals surface area contributed by atoms with Crippen molar-refractivity contribution in [3.05, 3.63) is 71.5 Å². The predicted molar refractivity (Wildman–Crippen MR) is 128 cm³/mol. The Bertz CT molecular complexity index is 1500. The molecule has 3 heterocycles. The molecule has 0 fully saturated rings. The van der Waals surface area contributed by atoms with Gasteiger partial charge in [0.15, 0.2) is 21.4 Å². The highest BCUT2D eigenvalue weighted by atomic mass is 32.2. The summed E-state index contributed by atoms with van der Waals surface area (Å²) in [5.74, 6) is 0.980. The zero-order chi connectivity index (χ0) is 25.9. The van der Waals surface area contributed by atoms with Gasteiger partial charge in [0, 0.05) is 6.20 Å². The standard InChI is InChI=1S/C24H23N5O6S/c1-15-7-10-21(35-15)24-28-27-22(29(24)23-19(33-2)5-4-6-20(23)34-3)14-36(31,32)13-18(30)17-9-8-16(11-25)12-26-17/h4-10,12,18,30H,13-14H2,1-3H3/t18-/m1/s1. The van der Waals surface area contributed by atoms with E-state index in [4.69, 9.17) is 19.2 Å². The second kappa shape index (κ2) is 10.2. The smallest absolute Gasteiger partial charge is 0.204 e. The molecule has 4 rings (SSSR count). The molecule has 0 bridgehead atoms. The average Bonchev–Trinajstić information content (AvgIpc) is 3.48. The lowest BCUT2D eigenvalue weighted by Gasteiger charge is -2.17. The summed E-state index contributed by atoms with van der Waals surface area (Å²) >= 11 is 0. The van der Waals surface area contributed by atoms with Gasteiger partial charge in [-0.15, -0.1) is 10.2 Å². The van der Waals surface area contributed by atoms with Crippen LogP contribution >= 0.6 is 0 Å². The molecule has 186 valence electrons. The summed E-state index contributed by atoms with van der Waals surface area (Å²) in [5.41, 5.74) is 0.835. The Morgan fingerprint density at radius 1 is 1.11 bits per heavy atom. The number of para-hydroxylation sites is 1. The number of aliphatic hydroxyl groups excluding tert-OH is 1. The van der Waals surface area contributed by atoms with Gasteiger partial charge in [-0.05, 0) is 43.3 Å². The number of hydrogen-bond acceptors (Lipinski definition) is 10. The third kappa shape index (κ3) is 5.07. The zero-order valence-corrected chi connectivity index (χ0v) is 20.6. The van der Waals surface area contributed by atoms with Crippen LogP contribution in [-0.2, 0) is 15.6 Å². The lowest BCUT2D eigenvalue weighted by atomic mass is 10.2. The lowest BCUT2D eigenvalue weighted by Crippen LogP contribution is -2.19. The van der Waals surface area contributed by atoms with Crippen LogP contribution in [0.4, 0.5) is 0 Å². The van der Waals surface area contributed by atoms with Crippen LogP contribution in [0.3, 0.4) is 0 Å². The van der Waals surface area contributed by atoms with Crippen molar-refractivity contribution in [3.63, 3.8) is 0 Å². The van der Waals surface area contributed by atoms with Crippen LogP contribution in [0.2, 0.25) is 0 Å². The fourth-order valence-corrected chi connectivity index (χ4v) is 5.01. The largest absolute Gasteiger partial charge is 0.494 e. The number of methoxy groups -OCH3 is 2. The Morgan fingerprint density at radius 2 is 1.83 bits per heavy atom. The number of aromatic nitrogens is 4. The SMILES string of the molecule is COc1cccc(OC)c1-n1c(CS(=O)(=O)C[C@@H](O)c2ccc(C#N)cn2)nnc1-c1ccc(C)o1. The van der Waals surface area contributed by atoms with Gasteiger partial charge in [-0.1, -0.05) is 6.07 Å². The minimum atomic E-state index is -3.92. The Morgan fingerprint density at radius 3 is 2.39 bits per heavy atom. The number of benzene rings is 1. The molecular formula is C24H23N5O6S. The molecule has 0 saturated heterocycles. The van der Waals surface area contributed by atoms with Gasteiger partial charge >= 0.3 is 0 Å². The summed E-state index contributed by atoms with van der Waals surface area (Å²) in [7, 11) is -0.956. The number of nitriles is 1. The van der Waals surface area contributed by atoms with E-state index in [9.17, 15) is 13.5 Å². The highest BCUT2D eigenvalue weighted by molar-refractivity contribution is 7.90. The number of furan rings is 1. The summed E-state index contributed by atoms with van der Waals surface area (Å²) in [6.07, 6.45) is -0.125. The van der Waals surface area contributed by atoms with Crippen LogP contribution in [0.5, 0.6) is 11.5 Å². The molecule has 0 aliphatic carbocycles. The number of sulfone groups is 1. The quantitative estimate of drug-likeness (QED) is 0.356. The fourth-order valence-electron chi connectivity index (χ4n) is 3.66. The van der Waals surface area contributed by atoms with Crippen molar-refractivity contribution in [2.24, 2.45) is 0 Å². The normalized spacial score (nSPS) is 12.2. The third-order valence-electron chi connectivity index (χ3n) is 5.33. The van der Waals surface area contributed by atoms with Gasteiger partial charge in [0.25, 0.3) is 0 Å². The lowest BCUT2D eigenvalue weighted by molar-refractivity contribution is 0.196. The first-order chi connectivity index (χ1) is 17.3. The Balaban J connectivity index is 1.76. The van der Waals surface area contributed by atoms with Crippen molar-refractivity contribution >= 4 is 9.84 Å². The molecule has 0 amide bonds. The third-order valence-corrected chi connectivity index (χ3v) is 6.86. The van der Waals surface area contributed by atoms with Crippen molar-refractivity contribution in [1.29, 1.82) is 5.26 Å². The maximum atomic E-state index is 13.1. The number of hydrogen-bond donors (Lipinski definition) is 1. The van der Waals surface area contributed by atoms with Crippen molar-refractivity contribution in [2.45, 2.75) is 18.8 Å². The van der Waals surface area contributed by atoms with E-state index in [1.165, 1.54) is 37.1 Å². The average molecular weight is 510 g/mol. The molecule has 36 heavy (non-hydrogen) atoms.